The number of nitrogens with two attached hydrogens (primary N) is 1. The third-order valence-corrected chi connectivity index (χ3v) is 2.16. The van der Waals surface area contributed by atoms with E-state index in [2.05, 4.69) is 0 Å². The van der Waals surface area contributed by atoms with E-state index >= 15 is 0 Å². The van der Waals surface area contributed by atoms with Gasteiger partial charge in [-0.2, -0.15) is 13.2 Å². The number of alkyl halides is 3. The second kappa shape index (κ2) is 6.49. The van der Waals surface area contributed by atoms with Crippen LogP contribution >= 0.6 is 0 Å². The summed E-state index contributed by atoms with van der Waals surface area (Å²) in [7, 11) is 0. The Hall–Kier alpha value is -1.43. The molecular formula is C12H16F3NO2. The van der Waals surface area contributed by atoms with Crippen LogP contribution in [0.5, 0.6) is 11.5 Å². The smallest absolute Gasteiger partial charge is 0.426 e. The highest BCUT2D eigenvalue weighted by atomic mass is 19.4. The maximum Gasteiger partial charge on any atom is 0.426 e. The Morgan fingerprint density at radius 2 is 1.83 bits per heavy atom. The number of hydrogen-bond donors (Lipinski definition) is 1. The van der Waals surface area contributed by atoms with Crippen LogP contribution in [0.1, 0.15) is 13.3 Å². The average Bonchev–Trinajstić information content (AvgIpc) is 2.33. The van der Waals surface area contributed by atoms with Gasteiger partial charge in [0.05, 0.1) is 6.61 Å². The van der Waals surface area contributed by atoms with Gasteiger partial charge in [-0.1, -0.05) is 19.1 Å². The van der Waals surface area contributed by atoms with Crippen LogP contribution in [-0.4, -0.2) is 25.4 Å². The van der Waals surface area contributed by atoms with Crippen molar-refractivity contribution in [3.05, 3.63) is 24.3 Å². The summed E-state index contributed by atoms with van der Waals surface area (Å²) in [4.78, 5) is 0. The van der Waals surface area contributed by atoms with Crippen molar-refractivity contribution >= 4 is 0 Å². The number of rotatable bonds is 6. The zero-order valence-corrected chi connectivity index (χ0v) is 10.0. The van der Waals surface area contributed by atoms with Crippen LogP contribution in [0.2, 0.25) is 0 Å². The van der Waals surface area contributed by atoms with E-state index in [9.17, 15) is 13.2 Å². The second-order valence-corrected chi connectivity index (χ2v) is 3.68. The van der Waals surface area contributed by atoms with E-state index in [1.165, 1.54) is 6.07 Å². The molecule has 0 aliphatic rings. The lowest BCUT2D eigenvalue weighted by molar-refractivity contribution is -0.191. The molecule has 3 nitrogen and oxygen atoms in total. The lowest BCUT2D eigenvalue weighted by atomic mass is 10.3. The van der Waals surface area contributed by atoms with Gasteiger partial charge in [-0.25, -0.2) is 0 Å². The maximum atomic E-state index is 12.5. The molecule has 102 valence electrons. The Labute approximate surface area is 104 Å². The number of ether oxygens (including phenoxy) is 2. The molecule has 0 aromatic heterocycles. The monoisotopic (exact) mass is 263 g/mol. The molecule has 1 unspecified atom stereocenters. The third kappa shape index (κ3) is 4.10. The quantitative estimate of drug-likeness (QED) is 0.858. The Morgan fingerprint density at radius 1 is 1.22 bits per heavy atom. The molecule has 18 heavy (non-hydrogen) atoms. The molecule has 1 atom stereocenters. The summed E-state index contributed by atoms with van der Waals surface area (Å²) in [5.41, 5.74) is 5.07. The van der Waals surface area contributed by atoms with Crippen molar-refractivity contribution in [1.29, 1.82) is 0 Å². The van der Waals surface area contributed by atoms with Crippen molar-refractivity contribution < 1.29 is 22.6 Å². The molecule has 6 heteroatoms. The minimum atomic E-state index is -4.49. The van der Waals surface area contributed by atoms with Gasteiger partial charge in [0.25, 0.3) is 0 Å². The molecule has 0 spiro atoms. The van der Waals surface area contributed by atoms with E-state index in [-0.39, 0.29) is 5.75 Å². The fraction of sp³-hybridized carbons (Fsp3) is 0.500. The molecule has 0 heterocycles. The Morgan fingerprint density at radius 3 is 2.33 bits per heavy atom. The van der Waals surface area contributed by atoms with Crippen LogP contribution in [0, 0.1) is 0 Å². The van der Waals surface area contributed by atoms with E-state index in [1.807, 2.05) is 6.92 Å². The molecular weight excluding hydrogens is 247 g/mol. The standard InChI is InChI=1S/C12H16F3NO2/c1-2-7-17-9-5-3-4-6-10(9)18-11(8-16)12(13,14)15/h3-6,11H,2,7-8,16H2,1H3. The number of hydrogen-bond acceptors (Lipinski definition) is 3. The van der Waals surface area contributed by atoms with Gasteiger partial charge in [0, 0.05) is 6.54 Å². The van der Waals surface area contributed by atoms with Crippen LogP contribution in [-0.2, 0) is 0 Å². The van der Waals surface area contributed by atoms with E-state index in [1.54, 1.807) is 18.2 Å². The zero-order valence-electron chi connectivity index (χ0n) is 10.0. The molecule has 1 aromatic rings. The normalized spacial score (nSPS) is 13.2. The van der Waals surface area contributed by atoms with Gasteiger partial charge in [-0.05, 0) is 18.6 Å². The predicted molar refractivity (Wildman–Crippen MR) is 61.8 cm³/mol. The summed E-state index contributed by atoms with van der Waals surface area (Å²) < 4.78 is 47.8. The van der Waals surface area contributed by atoms with Gasteiger partial charge in [0.2, 0.25) is 6.10 Å². The van der Waals surface area contributed by atoms with Gasteiger partial charge in [0.15, 0.2) is 11.5 Å². The van der Waals surface area contributed by atoms with Gasteiger partial charge in [0.1, 0.15) is 0 Å². The summed E-state index contributed by atoms with van der Waals surface area (Å²) in [6.45, 7) is 1.69. The van der Waals surface area contributed by atoms with Crippen molar-refractivity contribution in [1.82, 2.24) is 0 Å². The number of halogens is 3. The van der Waals surface area contributed by atoms with Gasteiger partial charge in [-0.15, -0.1) is 0 Å². The first-order chi connectivity index (χ1) is 8.49. The molecule has 2 N–H and O–H groups in total. The first-order valence-electron chi connectivity index (χ1n) is 5.64. The molecule has 0 amide bonds. The highest BCUT2D eigenvalue weighted by molar-refractivity contribution is 5.39. The van der Waals surface area contributed by atoms with Gasteiger partial charge in [-0.3, -0.25) is 0 Å². The van der Waals surface area contributed by atoms with Crippen molar-refractivity contribution in [2.45, 2.75) is 25.6 Å². The molecule has 0 aliphatic heterocycles. The number of para-hydroxylation sites is 2. The molecule has 0 bridgehead atoms. The average molecular weight is 263 g/mol. The maximum absolute atomic E-state index is 12.5. The lowest BCUT2D eigenvalue weighted by Gasteiger charge is -2.21. The Kier molecular flexibility index (Phi) is 5.27. The molecule has 0 radical (unpaired) electrons. The van der Waals surface area contributed by atoms with Gasteiger partial charge >= 0.3 is 6.18 Å². The molecule has 0 aliphatic carbocycles. The molecule has 0 saturated heterocycles. The van der Waals surface area contributed by atoms with Gasteiger partial charge < -0.3 is 15.2 Å². The number of benzene rings is 1. The Bertz CT molecular complexity index is 369. The van der Waals surface area contributed by atoms with Crippen molar-refractivity contribution in [2.75, 3.05) is 13.2 Å². The van der Waals surface area contributed by atoms with E-state index in [0.29, 0.717) is 12.4 Å². The van der Waals surface area contributed by atoms with E-state index < -0.39 is 18.8 Å². The Balaban J connectivity index is 2.82. The lowest BCUT2D eigenvalue weighted by Crippen LogP contribution is -2.40. The fourth-order valence-electron chi connectivity index (χ4n) is 1.28. The summed E-state index contributed by atoms with van der Waals surface area (Å²) in [6, 6.07) is 6.25. The summed E-state index contributed by atoms with van der Waals surface area (Å²) >= 11 is 0. The van der Waals surface area contributed by atoms with Crippen molar-refractivity contribution in [2.24, 2.45) is 5.73 Å². The predicted octanol–water partition coefficient (Wildman–Crippen LogP) is 2.74. The first-order valence-corrected chi connectivity index (χ1v) is 5.64. The second-order valence-electron chi connectivity index (χ2n) is 3.68. The largest absolute Gasteiger partial charge is 0.490 e. The van der Waals surface area contributed by atoms with Crippen LogP contribution in [0.4, 0.5) is 13.2 Å². The van der Waals surface area contributed by atoms with Crippen molar-refractivity contribution in [3.8, 4) is 11.5 Å². The van der Waals surface area contributed by atoms with E-state index in [4.69, 9.17) is 15.2 Å². The third-order valence-electron chi connectivity index (χ3n) is 2.16. The summed E-state index contributed by atoms with van der Waals surface area (Å²) in [5.74, 6) is 0.348. The van der Waals surface area contributed by atoms with E-state index in [0.717, 1.165) is 6.42 Å². The molecule has 0 fully saturated rings. The highest BCUT2D eigenvalue weighted by Gasteiger charge is 2.41. The minimum absolute atomic E-state index is 0.0544. The van der Waals surface area contributed by atoms with Crippen LogP contribution in [0.3, 0.4) is 0 Å². The van der Waals surface area contributed by atoms with Crippen LogP contribution in [0.25, 0.3) is 0 Å². The molecule has 1 rings (SSSR count). The zero-order chi connectivity index (χ0) is 13.6. The summed E-state index contributed by atoms with van der Waals surface area (Å²) in [5, 5.41) is 0. The minimum Gasteiger partial charge on any atom is -0.490 e. The topological polar surface area (TPSA) is 44.5 Å². The first kappa shape index (κ1) is 14.6. The van der Waals surface area contributed by atoms with Crippen molar-refractivity contribution in [3.63, 3.8) is 0 Å². The molecule has 0 saturated carbocycles. The highest BCUT2D eigenvalue weighted by Crippen LogP contribution is 2.31. The van der Waals surface area contributed by atoms with Crippen LogP contribution < -0.4 is 15.2 Å². The summed E-state index contributed by atoms with van der Waals surface area (Å²) in [6.07, 6.45) is -5.76. The SMILES string of the molecule is CCCOc1ccccc1OC(CN)C(F)(F)F. The van der Waals surface area contributed by atoms with Crippen LogP contribution in [0.15, 0.2) is 24.3 Å². The fourth-order valence-corrected chi connectivity index (χ4v) is 1.28. The molecule has 1 aromatic carbocycles.